The molecule has 1 aliphatic rings. The maximum atomic E-state index is 4.77. The van der Waals surface area contributed by atoms with Crippen molar-refractivity contribution in [1.29, 1.82) is 0 Å². The molecule has 0 saturated carbocycles. The fraction of sp³-hybridized carbons (Fsp3) is 0.188. The normalized spacial score (nSPS) is 16.0. The summed E-state index contributed by atoms with van der Waals surface area (Å²) in [6.07, 6.45) is 0. The molecule has 0 unspecified atom stereocenters. The highest BCUT2D eigenvalue weighted by Gasteiger charge is 2.51. The zero-order valence-electron chi connectivity index (χ0n) is 10.7. The number of rotatable bonds is 2. The van der Waals surface area contributed by atoms with Gasteiger partial charge in [0.2, 0.25) is 0 Å². The predicted molar refractivity (Wildman–Crippen MR) is 74.8 cm³/mol. The molecule has 90 valence electrons. The van der Waals surface area contributed by atoms with Crippen molar-refractivity contribution >= 4 is 5.84 Å². The Bertz CT molecular complexity index is 531. The Morgan fingerprint density at radius 1 is 0.778 bits per heavy atom. The first-order valence-electron chi connectivity index (χ1n) is 6.14. The summed E-state index contributed by atoms with van der Waals surface area (Å²) in [7, 11) is 4.10. The van der Waals surface area contributed by atoms with E-state index in [1.54, 1.807) is 0 Å². The van der Waals surface area contributed by atoms with Gasteiger partial charge in [-0.05, 0) is 11.1 Å². The van der Waals surface area contributed by atoms with E-state index in [4.69, 9.17) is 4.99 Å². The van der Waals surface area contributed by atoms with Crippen LogP contribution in [-0.4, -0.2) is 24.8 Å². The van der Waals surface area contributed by atoms with Gasteiger partial charge in [0, 0.05) is 14.1 Å². The number of hydrogen-bond acceptors (Lipinski definition) is 2. The van der Waals surface area contributed by atoms with Crippen molar-refractivity contribution < 1.29 is 0 Å². The molecule has 0 N–H and O–H groups in total. The molecular weight excluding hydrogens is 220 g/mol. The Labute approximate surface area is 108 Å². The molecule has 1 aliphatic heterocycles. The minimum absolute atomic E-state index is 0.258. The average molecular weight is 236 g/mol. The molecule has 0 amide bonds. The van der Waals surface area contributed by atoms with E-state index < -0.39 is 0 Å². The monoisotopic (exact) mass is 236 g/mol. The third-order valence-corrected chi connectivity index (χ3v) is 3.35. The van der Waals surface area contributed by atoms with Crippen molar-refractivity contribution in [1.82, 2.24) is 4.90 Å². The second kappa shape index (κ2) is 3.98. The summed E-state index contributed by atoms with van der Waals surface area (Å²) in [5, 5.41) is 0. The molecule has 3 rings (SSSR count). The van der Waals surface area contributed by atoms with Crippen LogP contribution in [0, 0.1) is 0 Å². The van der Waals surface area contributed by atoms with Gasteiger partial charge in [0.25, 0.3) is 0 Å². The molecule has 0 spiro atoms. The van der Waals surface area contributed by atoms with Crippen molar-refractivity contribution in [2.45, 2.75) is 5.54 Å². The third kappa shape index (κ3) is 1.53. The van der Waals surface area contributed by atoms with Crippen molar-refractivity contribution in [3.05, 3.63) is 71.8 Å². The number of aliphatic imine (C=N–C) groups is 1. The highest BCUT2D eigenvalue weighted by Crippen LogP contribution is 2.45. The van der Waals surface area contributed by atoms with Gasteiger partial charge in [0.15, 0.2) is 5.54 Å². The standard InChI is InChI=1S/C16H16N2/c1-18(2)15-16(17-15,13-9-5-3-6-10-13)14-11-7-4-8-12-14/h3-12H,1-2H3. The summed E-state index contributed by atoms with van der Waals surface area (Å²) in [5.74, 6) is 1.12. The second-order valence-corrected chi connectivity index (χ2v) is 4.77. The molecule has 2 nitrogen and oxygen atoms in total. The van der Waals surface area contributed by atoms with Crippen molar-refractivity contribution in [3.63, 3.8) is 0 Å². The number of hydrogen-bond donors (Lipinski definition) is 0. The first-order valence-corrected chi connectivity index (χ1v) is 6.14. The quantitative estimate of drug-likeness (QED) is 0.782. The lowest BCUT2D eigenvalue weighted by molar-refractivity contribution is 0.615. The first kappa shape index (κ1) is 11.0. The minimum atomic E-state index is -0.258. The number of nitrogens with zero attached hydrogens (tertiary/aromatic N) is 2. The van der Waals surface area contributed by atoms with Gasteiger partial charge in [-0.3, -0.25) is 0 Å². The van der Waals surface area contributed by atoms with Crippen LogP contribution in [0.4, 0.5) is 0 Å². The van der Waals surface area contributed by atoms with E-state index in [2.05, 4.69) is 53.4 Å². The molecule has 2 aromatic carbocycles. The fourth-order valence-corrected chi connectivity index (χ4v) is 2.47. The SMILES string of the molecule is CN(C)C1=NC1(c1ccccc1)c1ccccc1. The van der Waals surface area contributed by atoms with Crippen LogP contribution in [0.1, 0.15) is 11.1 Å². The van der Waals surface area contributed by atoms with Crippen LogP contribution in [0.3, 0.4) is 0 Å². The highest BCUT2D eigenvalue weighted by molar-refractivity contribution is 6.07. The largest absolute Gasteiger partial charge is 0.364 e. The lowest BCUT2D eigenvalue weighted by Gasteiger charge is -2.19. The Hall–Kier alpha value is -2.09. The van der Waals surface area contributed by atoms with Gasteiger partial charge in [-0.1, -0.05) is 60.7 Å². The van der Waals surface area contributed by atoms with Crippen LogP contribution in [0.15, 0.2) is 65.7 Å². The maximum absolute atomic E-state index is 4.77. The fourth-order valence-electron chi connectivity index (χ4n) is 2.47. The lowest BCUT2D eigenvalue weighted by Crippen LogP contribution is -2.28. The lowest BCUT2D eigenvalue weighted by atomic mass is 9.88. The van der Waals surface area contributed by atoms with E-state index in [0.717, 1.165) is 5.84 Å². The summed E-state index contributed by atoms with van der Waals surface area (Å²) >= 11 is 0. The third-order valence-electron chi connectivity index (χ3n) is 3.35. The van der Waals surface area contributed by atoms with Gasteiger partial charge in [0.1, 0.15) is 5.84 Å². The van der Waals surface area contributed by atoms with Gasteiger partial charge in [0.05, 0.1) is 0 Å². The molecule has 1 heterocycles. The molecule has 0 atom stereocenters. The van der Waals surface area contributed by atoms with Gasteiger partial charge < -0.3 is 4.90 Å². The molecule has 2 aromatic rings. The van der Waals surface area contributed by atoms with Crippen molar-refractivity contribution in [3.8, 4) is 0 Å². The predicted octanol–water partition coefficient (Wildman–Crippen LogP) is 2.90. The number of benzene rings is 2. The van der Waals surface area contributed by atoms with Gasteiger partial charge >= 0.3 is 0 Å². The first-order chi connectivity index (χ1) is 8.75. The average Bonchev–Trinajstić information content (AvgIpc) is 3.18. The molecule has 0 radical (unpaired) electrons. The second-order valence-electron chi connectivity index (χ2n) is 4.77. The Balaban J connectivity index is 2.09. The maximum Gasteiger partial charge on any atom is 0.170 e. The van der Waals surface area contributed by atoms with Crippen LogP contribution in [0.2, 0.25) is 0 Å². The summed E-state index contributed by atoms with van der Waals surface area (Å²) in [6, 6.07) is 20.9. The van der Waals surface area contributed by atoms with Crippen LogP contribution >= 0.6 is 0 Å². The van der Waals surface area contributed by atoms with Gasteiger partial charge in [-0.25, -0.2) is 4.99 Å². The molecule has 0 saturated heterocycles. The molecule has 0 aliphatic carbocycles. The summed E-state index contributed by atoms with van der Waals surface area (Å²) in [4.78, 5) is 6.87. The highest BCUT2D eigenvalue weighted by atomic mass is 15.3. The summed E-state index contributed by atoms with van der Waals surface area (Å²) in [5.41, 5.74) is 2.21. The van der Waals surface area contributed by atoms with E-state index >= 15 is 0 Å². The van der Waals surface area contributed by atoms with Crippen molar-refractivity contribution in [2.24, 2.45) is 4.99 Å². The number of likely N-dealkylation sites (N-methyl/N-ethyl adjacent to an activating group) is 1. The molecule has 0 aromatic heterocycles. The van der Waals surface area contributed by atoms with Gasteiger partial charge in [-0.15, -0.1) is 0 Å². The van der Waals surface area contributed by atoms with Crippen molar-refractivity contribution in [2.75, 3.05) is 14.1 Å². The molecular formula is C16H16N2. The Morgan fingerprint density at radius 3 is 1.56 bits per heavy atom. The molecule has 0 bridgehead atoms. The van der Waals surface area contributed by atoms with E-state index in [1.807, 2.05) is 26.2 Å². The topological polar surface area (TPSA) is 15.6 Å². The zero-order chi connectivity index (χ0) is 12.6. The van der Waals surface area contributed by atoms with Gasteiger partial charge in [-0.2, -0.15) is 0 Å². The minimum Gasteiger partial charge on any atom is -0.364 e. The molecule has 18 heavy (non-hydrogen) atoms. The van der Waals surface area contributed by atoms with Crippen LogP contribution in [0.5, 0.6) is 0 Å². The Kier molecular flexibility index (Phi) is 2.44. The number of amidine groups is 1. The van der Waals surface area contributed by atoms with Crippen LogP contribution in [0.25, 0.3) is 0 Å². The summed E-state index contributed by atoms with van der Waals surface area (Å²) in [6.45, 7) is 0. The zero-order valence-corrected chi connectivity index (χ0v) is 10.7. The Morgan fingerprint density at radius 2 is 1.22 bits per heavy atom. The smallest absolute Gasteiger partial charge is 0.170 e. The van der Waals surface area contributed by atoms with Crippen LogP contribution < -0.4 is 0 Å². The van der Waals surface area contributed by atoms with E-state index in [0.29, 0.717) is 0 Å². The molecule has 2 heteroatoms. The van der Waals surface area contributed by atoms with Crippen LogP contribution in [-0.2, 0) is 5.54 Å². The van der Waals surface area contributed by atoms with E-state index in [9.17, 15) is 0 Å². The van der Waals surface area contributed by atoms with E-state index in [-0.39, 0.29) is 5.54 Å². The summed E-state index contributed by atoms with van der Waals surface area (Å²) < 4.78 is 0. The van der Waals surface area contributed by atoms with E-state index in [1.165, 1.54) is 11.1 Å². The molecule has 0 fully saturated rings.